The molecule has 2 aromatic heterocycles. The Morgan fingerprint density at radius 3 is 3.06 bits per heavy atom. The molecule has 0 aliphatic carbocycles. The van der Waals surface area contributed by atoms with Crippen LogP contribution in [0.1, 0.15) is 18.9 Å². The Hall–Kier alpha value is -1.20. The molecule has 2 heterocycles. The van der Waals surface area contributed by atoms with E-state index >= 15 is 0 Å². The number of nitrogens with one attached hydrogen (secondary N) is 1. The van der Waals surface area contributed by atoms with E-state index in [4.69, 9.17) is 0 Å². The molecule has 2 rings (SSSR count). The summed E-state index contributed by atoms with van der Waals surface area (Å²) in [6.07, 6.45) is 1.97. The molecule has 0 bridgehead atoms. The smallest absolute Gasteiger partial charge is 0.147 e. The fraction of sp³-hybridized carbons (Fsp3) is 0.455. The van der Waals surface area contributed by atoms with E-state index in [0.29, 0.717) is 6.54 Å². The van der Waals surface area contributed by atoms with Crippen LogP contribution in [0, 0.1) is 6.92 Å². The van der Waals surface area contributed by atoms with Crippen molar-refractivity contribution in [2.45, 2.75) is 26.4 Å². The maximum absolute atomic E-state index is 9.49. The lowest BCUT2D eigenvalue weighted by Crippen LogP contribution is -2.18. The van der Waals surface area contributed by atoms with Gasteiger partial charge in [-0.15, -0.1) is 11.3 Å². The van der Waals surface area contributed by atoms with Crippen molar-refractivity contribution in [2.75, 3.05) is 11.9 Å². The summed E-state index contributed by atoms with van der Waals surface area (Å²) in [7, 11) is 0. The lowest BCUT2D eigenvalue weighted by atomic mass is 10.3. The Morgan fingerprint density at radius 2 is 2.31 bits per heavy atom. The van der Waals surface area contributed by atoms with E-state index in [0.717, 1.165) is 22.5 Å². The number of fused-ring (bicyclic) bond motifs is 1. The van der Waals surface area contributed by atoms with Gasteiger partial charge in [-0.05, 0) is 24.3 Å². The third-order valence-corrected chi connectivity index (χ3v) is 3.60. The Kier molecular flexibility index (Phi) is 3.36. The number of aryl methyl sites for hydroxylation is 1. The van der Waals surface area contributed by atoms with Gasteiger partial charge >= 0.3 is 0 Å². The predicted molar refractivity (Wildman–Crippen MR) is 66.9 cm³/mol. The fourth-order valence-corrected chi connectivity index (χ4v) is 2.42. The van der Waals surface area contributed by atoms with Gasteiger partial charge in [0.05, 0.1) is 16.3 Å². The number of thiophene rings is 1. The average molecular weight is 237 g/mol. The summed E-state index contributed by atoms with van der Waals surface area (Å²) >= 11 is 1.63. The van der Waals surface area contributed by atoms with Gasteiger partial charge in [0.15, 0.2) is 0 Å². The first-order valence-corrected chi connectivity index (χ1v) is 6.21. The highest BCUT2D eigenvalue weighted by atomic mass is 32.1. The molecule has 0 aromatic carbocycles. The zero-order valence-electron chi connectivity index (χ0n) is 9.40. The van der Waals surface area contributed by atoms with Gasteiger partial charge in [-0.1, -0.05) is 6.92 Å². The van der Waals surface area contributed by atoms with E-state index in [-0.39, 0.29) is 6.10 Å². The van der Waals surface area contributed by atoms with Gasteiger partial charge in [-0.25, -0.2) is 9.97 Å². The van der Waals surface area contributed by atoms with Gasteiger partial charge < -0.3 is 10.4 Å². The van der Waals surface area contributed by atoms with Gasteiger partial charge in [0, 0.05) is 6.54 Å². The third kappa shape index (κ3) is 2.15. The molecule has 4 nitrogen and oxygen atoms in total. The monoisotopic (exact) mass is 237 g/mol. The number of hydrogen-bond acceptors (Lipinski definition) is 5. The molecule has 5 heteroatoms. The van der Waals surface area contributed by atoms with Crippen LogP contribution in [0.3, 0.4) is 0 Å². The van der Waals surface area contributed by atoms with E-state index in [1.54, 1.807) is 17.7 Å². The second kappa shape index (κ2) is 4.76. The minimum atomic E-state index is -0.328. The number of aliphatic hydroxyl groups is 1. The summed E-state index contributed by atoms with van der Waals surface area (Å²) in [4.78, 5) is 8.45. The van der Waals surface area contributed by atoms with Crippen molar-refractivity contribution in [1.82, 2.24) is 9.97 Å². The standard InChI is InChI=1S/C11H15N3OS/c1-3-8(15)4-12-11-10-9(13-6-14-11)7(2)5-16-10/h5-6,8,15H,3-4H2,1-2H3,(H,12,13,14). The molecule has 0 fully saturated rings. The molecule has 0 saturated carbocycles. The number of anilines is 1. The first-order valence-electron chi connectivity index (χ1n) is 5.33. The van der Waals surface area contributed by atoms with Gasteiger partial charge in [0.25, 0.3) is 0 Å². The Morgan fingerprint density at radius 1 is 1.50 bits per heavy atom. The first kappa shape index (κ1) is 11.3. The Balaban J connectivity index is 2.24. The molecule has 1 atom stereocenters. The molecule has 2 N–H and O–H groups in total. The number of hydrogen-bond donors (Lipinski definition) is 2. The molecular formula is C11H15N3OS. The minimum Gasteiger partial charge on any atom is -0.391 e. The maximum atomic E-state index is 9.49. The van der Waals surface area contributed by atoms with E-state index in [1.165, 1.54) is 5.56 Å². The summed E-state index contributed by atoms with van der Waals surface area (Å²) in [5, 5.41) is 14.7. The molecule has 0 aliphatic rings. The zero-order valence-corrected chi connectivity index (χ0v) is 10.2. The minimum absolute atomic E-state index is 0.328. The van der Waals surface area contributed by atoms with E-state index in [1.807, 2.05) is 13.8 Å². The number of nitrogens with zero attached hydrogens (tertiary/aromatic N) is 2. The van der Waals surface area contributed by atoms with Crippen LogP contribution in [-0.4, -0.2) is 27.7 Å². The molecule has 86 valence electrons. The quantitative estimate of drug-likeness (QED) is 0.855. The topological polar surface area (TPSA) is 58.0 Å². The molecule has 1 unspecified atom stereocenters. The van der Waals surface area contributed by atoms with Crippen molar-refractivity contribution in [1.29, 1.82) is 0 Å². The zero-order chi connectivity index (χ0) is 11.5. The molecule has 0 radical (unpaired) electrons. The lowest BCUT2D eigenvalue weighted by Gasteiger charge is -2.10. The van der Waals surface area contributed by atoms with E-state index in [9.17, 15) is 5.11 Å². The average Bonchev–Trinajstić information content (AvgIpc) is 2.69. The van der Waals surface area contributed by atoms with Crippen LogP contribution < -0.4 is 5.32 Å². The number of rotatable bonds is 4. The van der Waals surface area contributed by atoms with Gasteiger partial charge in [-0.2, -0.15) is 0 Å². The van der Waals surface area contributed by atoms with Crippen LogP contribution in [0.5, 0.6) is 0 Å². The molecule has 0 amide bonds. The van der Waals surface area contributed by atoms with Crippen LogP contribution >= 0.6 is 11.3 Å². The van der Waals surface area contributed by atoms with Crippen LogP contribution in [-0.2, 0) is 0 Å². The van der Waals surface area contributed by atoms with Crippen molar-refractivity contribution in [3.8, 4) is 0 Å². The molecular weight excluding hydrogens is 222 g/mol. The highest BCUT2D eigenvalue weighted by molar-refractivity contribution is 7.18. The predicted octanol–water partition coefficient (Wildman–Crippen LogP) is 2.18. The van der Waals surface area contributed by atoms with E-state index < -0.39 is 0 Å². The number of aliphatic hydroxyl groups excluding tert-OH is 1. The van der Waals surface area contributed by atoms with Crippen molar-refractivity contribution in [3.63, 3.8) is 0 Å². The largest absolute Gasteiger partial charge is 0.391 e. The van der Waals surface area contributed by atoms with Crippen LogP contribution in [0.4, 0.5) is 5.82 Å². The van der Waals surface area contributed by atoms with Gasteiger partial charge in [0.2, 0.25) is 0 Å². The molecule has 2 aromatic rings. The van der Waals surface area contributed by atoms with Crippen LogP contribution in [0.2, 0.25) is 0 Å². The van der Waals surface area contributed by atoms with Crippen molar-refractivity contribution in [3.05, 3.63) is 17.3 Å². The molecule has 0 aliphatic heterocycles. The number of aromatic nitrogens is 2. The summed E-state index contributed by atoms with van der Waals surface area (Å²) in [5.74, 6) is 0.815. The summed E-state index contributed by atoms with van der Waals surface area (Å²) in [6, 6.07) is 0. The molecule has 0 spiro atoms. The summed E-state index contributed by atoms with van der Waals surface area (Å²) < 4.78 is 1.06. The van der Waals surface area contributed by atoms with Crippen LogP contribution in [0.15, 0.2) is 11.7 Å². The third-order valence-electron chi connectivity index (χ3n) is 2.51. The first-order chi connectivity index (χ1) is 7.72. The van der Waals surface area contributed by atoms with E-state index in [2.05, 4.69) is 20.7 Å². The normalized spacial score (nSPS) is 12.9. The Bertz CT molecular complexity index is 483. The lowest BCUT2D eigenvalue weighted by molar-refractivity contribution is 0.183. The van der Waals surface area contributed by atoms with Crippen molar-refractivity contribution >= 4 is 27.4 Å². The molecule has 0 saturated heterocycles. The highest BCUT2D eigenvalue weighted by Crippen LogP contribution is 2.28. The highest BCUT2D eigenvalue weighted by Gasteiger charge is 2.08. The maximum Gasteiger partial charge on any atom is 0.147 e. The van der Waals surface area contributed by atoms with Gasteiger partial charge in [0.1, 0.15) is 12.1 Å². The second-order valence-corrected chi connectivity index (χ2v) is 4.64. The van der Waals surface area contributed by atoms with Crippen LogP contribution in [0.25, 0.3) is 10.2 Å². The van der Waals surface area contributed by atoms with Crippen molar-refractivity contribution in [2.24, 2.45) is 0 Å². The Labute approximate surface area is 98.4 Å². The second-order valence-electron chi connectivity index (χ2n) is 3.76. The van der Waals surface area contributed by atoms with Crippen molar-refractivity contribution < 1.29 is 5.11 Å². The van der Waals surface area contributed by atoms with Gasteiger partial charge in [-0.3, -0.25) is 0 Å². The molecule has 16 heavy (non-hydrogen) atoms. The summed E-state index contributed by atoms with van der Waals surface area (Å²) in [5.41, 5.74) is 2.16. The fourth-order valence-electron chi connectivity index (χ4n) is 1.45. The summed E-state index contributed by atoms with van der Waals surface area (Å²) in [6.45, 7) is 4.52. The SMILES string of the molecule is CCC(O)CNc1ncnc2c(C)csc12.